The summed E-state index contributed by atoms with van der Waals surface area (Å²) in [5.41, 5.74) is 0.835. The third-order valence-electron chi connectivity index (χ3n) is 8.31. The number of allylic oxidation sites excluding steroid dienone is 1. The van der Waals surface area contributed by atoms with Gasteiger partial charge in [0.1, 0.15) is 17.3 Å². The number of ether oxygens (including phenoxy) is 2. The summed E-state index contributed by atoms with van der Waals surface area (Å²) in [6, 6.07) is 10.7. The minimum absolute atomic E-state index is 0.0315. The second-order valence-corrected chi connectivity index (χ2v) is 12.6. The number of aliphatic hydroxyl groups is 1. The fraction of sp³-hybridized carbons (Fsp3) is 0.513. The zero-order valence-electron chi connectivity index (χ0n) is 30.4. The summed E-state index contributed by atoms with van der Waals surface area (Å²) in [7, 11) is 0. The number of nitrogens with zero attached hydrogens (tertiary/aromatic N) is 2. The lowest BCUT2D eigenvalue weighted by atomic mass is 10.0. The fourth-order valence-electron chi connectivity index (χ4n) is 5.13. The highest BCUT2D eigenvalue weighted by Gasteiger charge is 2.23. The van der Waals surface area contributed by atoms with Crippen LogP contribution in [-0.4, -0.2) is 47.7 Å². The van der Waals surface area contributed by atoms with Crippen LogP contribution in [0.15, 0.2) is 64.1 Å². The van der Waals surface area contributed by atoms with Gasteiger partial charge < -0.3 is 19.9 Å². The first-order chi connectivity index (χ1) is 23.9. The molecule has 2 atom stereocenters. The highest BCUT2D eigenvalue weighted by Crippen LogP contribution is 2.24. The molecule has 0 saturated carbocycles. The van der Waals surface area contributed by atoms with Crippen molar-refractivity contribution in [1.29, 1.82) is 0 Å². The van der Waals surface area contributed by atoms with Crippen LogP contribution in [0, 0.1) is 11.8 Å². The van der Waals surface area contributed by atoms with E-state index >= 15 is 0 Å². The first-order valence-electron chi connectivity index (χ1n) is 17.6. The van der Waals surface area contributed by atoms with E-state index in [-0.39, 0.29) is 72.0 Å². The first kappa shape index (κ1) is 41.5. The van der Waals surface area contributed by atoms with Gasteiger partial charge in [0.25, 0.3) is 5.91 Å². The van der Waals surface area contributed by atoms with Crippen LogP contribution in [0.5, 0.6) is 0 Å². The minimum atomic E-state index is -0.750. The van der Waals surface area contributed by atoms with Crippen LogP contribution in [0.1, 0.15) is 126 Å². The van der Waals surface area contributed by atoms with Crippen molar-refractivity contribution in [2.75, 3.05) is 18.5 Å². The predicted octanol–water partition coefficient (Wildman–Crippen LogP) is 9.04. The Kier molecular flexibility index (Phi) is 18.4. The molecule has 0 aliphatic rings. The molecule has 2 rings (SSSR count). The molecule has 0 bridgehead atoms. The smallest absolute Gasteiger partial charge is 0.339 e. The molecule has 0 spiro atoms. The van der Waals surface area contributed by atoms with E-state index in [1.807, 2.05) is 6.92 Å². The number of azo groups is 1. The Labute approximate surface area is 295 Å². The molecular formula is C39H53N3O8. The van der Waals surface area contributed by atoms with Crippen LogP contribution >= 0.6 is 0 Å². The van der Waals surface area contributed by atoms with Gasteiger partial charge >= 0.3 is 11.9 Å². The van der Waals surface area contributed by atoms with Crippen molar-refractivity contribution in [1.82, 2.24) is 0 Å². The Morgan fingerprint density at radius 2 is 1.34 bits per heavy atom. The highest BCUT2D eigenvalue weighted by atomic mass is 16.5. The van der Waals surface area contributed by atoms with E-state index in [2.05, 4.69) is 36.3 Å². The Morgan fingerprint density at radius 1 is 0.780 bits per heavy atom. The fourth-order valence-corrected chi connectivity index (χ4v) is 5.13. The van der Waals surface area contributed by atoms with Gasteiger partial charge in [0.15, 0.2) is 5.70 Å². The van der Waals surface area contributed by atoms with E-state index in [9.17, 15) is 29.1 Å². The molecule has 2 N–H and O–H groups in total. The molecule has 0 saturated heterocycles. The van der Waals surface area contributed by atoms with Gasteiger partial charge in [-0.15, -0.1) is 5.11 Å². The van der Waals surface area contributed by atoms with E-state index in [4.69, 9.17) is 9.47 Å². The molecule has 2 aromatic carbocycles. The number of rotatable bonds is 22. The molecular weight excluding hydrogens is 638 g/mol. The predicted molar refractivity (Wildman–Crippen MR) is 193 cm³/mol. The number of carbonyl (C=O) groups excluding carboxylic acids is 5. The number of anilines is 1. The summed E-state index contributed by atoms with van der Waals surface area (Å²) < 4.78 is 11.3. The Bertz CT molecular complexity index is 1510. The molecule has 0 heterocycles. The zero-order valence-corrected chi connectivity index (χ0v) is 30.4. The van der Waals surface area contributed by atoms with E-state index in [0.717, 1.165) is 51.4 Å². The van der Waals surface area contributed by atoms with Crippen molar-refractivity contribution in [2.45, 2.75) is 106 Å². The average molecular weight is 692 g/mol. The third-order valence-corrected chi connectivity index (χ3v) is 8.31. The van der Waals surface area contributed by atoms with Crippen molar-refractivity contribution in [3.8, 4) is 0 Å². The van der Waals surface area contributed by atoms with E-state index < -0.39 is 23.6 Å². The molecule has 2 aromatic rings. The lowest BCUT2D eigenvalue weighted by Gasteiger charge is -2.17. The third kappa shape index (κ3) is 14.4. The molecule has 11 nitrogen and oxygen atoms in total. The maximum Gasteiger partial charge on any atom is 0.339 e. The zero-order chi connectivity index (χ0) is 37.1. The number of carbonyl (C=O) groups is 5. The van der Waals surface area contributed by atoms with E-state index in [1.54, 1.807) is 24.3 Å². The number of aliphatic hydroxyl groups excluding tert-OH is 1. The van der Waals surface area contributed by atoms with Gasteiger partial charge in [-0.25, -0.2) is 9.59 Å². The van der Waals surface area contributed by atoms with E-state index in [0.29, 0.717) is 11.3 Å². The molecule has 272 valence electrons. The number of Topliss-reactive ketones (excluding diaryl/α,β-unsaturated/α-hetero) is 2. The first-order valence-corrected chi connectivity index (χ1v) is 17.6. The molecule has 0 aliphatic heterocycles. The van der Waals surface area contributed by atoms with Gasteiger partial charge in [-0.3, -0.25) is 14.4 Å². The summed E-state index contributed by atoms with van der Waals surface area (Å²) in [6.45, 7) is 11.4. The second kappa shape index (κ2) is 22.1. The molecule has 0 aromatic heterocycles. The standard InChI is InChI=1S/C39H53N3O8/c1-7-11-13-28(9-3)24-49-38(47)34-20-19-32(23-35(34)39(48)50-25-29(10-4)14-12-8-2)41-42-36(27(6)44)37(46)40-31-17-15-30(16-18-31)22-33(45)21-26(5)43/h15-20,23,28-29,44H,7-14,21-22,24-25H2,1-6H3,(H,40,46). The number of hydrogen-bond acceptors (Lipinski definition) is 10. The Balaban J connectivity index is 2.29. The minimum Gasteiger partial charge on any atom is -0.510 e. The van der Waals surface area contributed by atoms with Gasteiger partial charge in [-0.05, 0) is 74.4 Å². The molecule has 0 fully saturated rings. The molecule has 0 radical (unpaired) electrons. The van der Waals surface area contributed by atoms with Crippen LogP contribution in [0.25, 0.3) is 0 Å². The quantitative estimate of drug-likeness (QED) is 0.0406. The lowest BCUT2D eigenvalue weighted by molar-refractivity contribution is -0.125. The van der Waals surface area contributed by atoms with Crippen LogP contribution in [0.4, 0.5) is 11.4 Å². The van der Waals surface area contributed by atoms with Gasteiger partial charge in [0, 0.05) is 12.1 Å². The summed E-state index contributed by atoms with van der Waals surface area (Å²) in [5, 5.41) is 21.0. The number of ketones is 2. The van der Waals surface area contributed by atoms with Crippen molar-refractivity contribution < 1.29 is 38.6 Å². The van der Waals surface area contributed by atoms with Crippen LogP contribution in [0.3, 0.4) is 0 Å². The molecule has 50 heavy (non-hydrogen) atoms. The van der Waals surface area contributed by atoms with Crippen LogP contribution in [-0.2, 0) is 30.3 Å². The summed E-state index contributed by atoms with van der Waals surface area (Å²) in [4.78, 5) is 62.8. The van der Waals surface area contributed by atoms with Crippen LogP contribution in [0.2, 0.25) is 0 Å². The van der Waals surface area contributed by atoms with Gasteiger partial charge in [0.2, 0.25) is 0 Å². The number of benzene rings is 2. The van der Waals surface area contributed by atoms with Crippen molar-refractivity contribution >= 4 is 40.8 Å². The summed E-state index contributed by atoms with van der Waals surface area (Å²) >= 11 is 0. The molecule has 2 unspecified atom stereocenters. The number of unbranched alkanes of at least 4 members (excludes halogenated alkanes) is 2. The number of amides is 1. The Hall–Kier alpha value is -4.67. The topological polar surface area (TPSA) is 161 Å². The van der Waals surface area contributed by atoms with Gasteiger partial charge in [-0.2, -0.15) is 5.11 Å². The maximum absolute atomic E-state index is 13.4. The van der Waals surface area contributed by atoms with Gasteiger partial charge in [-0.1, -0.05) is 78.4 Å². The molecule has 1 amide bonds. The summed E-state index contributed by atoms with van der Waals surface area (Å²) in [5.74, 6) is -2.50. The number of hydrogen-bond donors (Lipinski definition) is 2. The van der Waals surface area contributed by atoms with Crippen LogP contribution < -0.4 is 5.32 Å². The SMILES string of the molecule is CCCCC(CC)COC(=O)c1ccc(N=NC(C(=O)Nc2ccc(CC(=O)CC(C)=O)cc2)=C(C)O)cc1C(=O)OCC(CC)CCCC. The molecule has 11 heteroatoms. The van der Waals surface area contributed by atoms with Crippen molar-refractivity contribution in [3.63, 3.8) is 0 Å². The lowest BCUT2D eigenvalue weighted by Crippen LogP contribution is -2.19. The normalized spacial score (nSPS) is 12.9. The van der Waals surface area contributed by atoms with Crippen molar-refractivity contribution in [2.24, 2.45) is 22.1 Å². The maximum atomic E-state index is 13.4. The highest BCUT2D eigenvalue weighted by molar-refractivity contribution is 6.04. The average Bonchev–Trinajstić information content (AvgIpc) is 3.08. The monoisotopic (exact) mass is 691 g/mol. The summed E-state index contributed by atoms with van der Waals surface area (Å²) in [6.07, 6.45) is 7.63. The number of nitrogens with one attached hydrogen (secondary N) is 1. The van der Waals surface area contributed by atoms with Gasteiger partial charge in [0.05, 0.1) is 36.4 Å². The van der Waals surface area contributed by atoms with Crippen molar-refractivity contribution in [3.05, 3.63) is 70.6 Å². The molecule has 0 aliphatic carbocycles. The second-order valence-electron chi connectivity index (χ2n) is 12.6. The Morgan fingerprint density at radius 3 is 1.84 bits per heavy atom. The number of esters is 2. The van der Waals surface area contributed by atoms with E-state index in [1.165, 1.54) is 32.0 Å². The largest absolute Gasteiger partial charge is 0.510 e.